The average Bonchev–Trinajstić information content (AvgIpc) is 2.89. The zero-order valence-electron chi connectivity index (χ0n) is 9.89. The van der Waals surface area contributed by atoms with Crippen molar-refractivity contribution < 1.29 is 0 Å². The Morgan fingerprint density at radius 1 is 1.47 bits per heavy atom. The fraction of sp³-hybridized carbons (Fsp3) is 0.500. The standard InChI is InChI=1S/C10H15BrN6/c1-3-17-9(10(11)7(2)14-17)6-16-5-8(4-12)13-15-16/h5H,3-4,6,12H2,1-2H3. The second-order valence-electron chi connectivity index (χ2n) is 3.77. The molecule has 7 heteroatoms. The Morgan fingerprint density at radius 3 is 2.82 bits per heavy atom. The van der Waals surface area contributed by atoms with Crippen molar-refractivity contribution >= 4 is 15.9 Å². The van der Waals surface area contributed by atoms with Crippen LogP contribution in [0.4, 0.5) is 0 Å². The van der Waals surface area contributed by atoms with Gasteiger partial charge >= 0.3 is 0 Å². The molecule has 6 nitrogen and oxygen atoms in total. The predicted molar refractivity (Wildman–Crippen MR) is 67.4 cm³/mol. The van der Waals surface area contributed by atoms with Gasteiger partial charge in [0.2, 0.25) is 0 Å². The first-order chi connectivity index (χ1) is 8.15. The maximum Gasteiger partial charge on any atom is 0.0962 e. The lowest BCUT2D eigenvalue weighted by molar-refractivity contribution is 0.563. The third kappa shape index (κ3) is 2.39. The van der Waals surface area contributed by atoms with E-state index in [2.05, 4.69) is 38.3 Å². The molecule has 17 heavy (non-hydrogen) atoms. The third-order valence-corrected chi connectivity index (χ3v) is 3.59. The number of hydrogen-bond donors (Lipinski definition) is 1. The van der Waals surface area contributed by atoms with Crippen LogP contribution in [-0.4, -0.2) is 24.8 Å². The second kappa shape index (κ2) is 4.97. The van der Waals surface area contributed by atoms with Crippen molar-refractivity contribution in [3.8, 4) is 0 Å². The van der Waals surface area contributed by atoms with Crippen molar-refractivity contribution in [2.75, 3.05) is 0 Å². The molecule has 0 atom stereocenters. The Kier molecular flexibility index (Phi) is 3.58. The number of aryl methyl sites for hydroxylation is 2. The largest absolute Gasteiger partial charge is 0.325 e. The monoisotopic (exact) mass is 298 g/mol. The van der Waals surface area contributed by atoms with Crippen LogP contribution in [-0.2, 0) is 19.6 Å². The van der Waals surface area contributed by atoms with Gasteiger partial charge in [-0.2, -0.15) is 5.10 Å². The van der Waals surface area contributed by atoms with Crippen molar-refractivity contribution in [3.05, 3.63) is 27.8 Å². The zero-order valence-corrected chi connectivity index (χ0v) is 11.5. The van der Waals surface area contributed by atoms with Gasteiger partial charge in [0.05, 0.1) is 34.3 Å². The van der Waals surface area contributed by atoms with Crippen molar-refractivity contribution in [2.45, 2.75) is 33.5 Å². The molecule has 2 aromatic heterocycles. The van der Waals surface area contributed by atoms with Crippen LogP contribution in [0.15, 0.2) is 10.7 Å². The van der Waals surface area contributed by atoms with E-state index < -0.39 is 0 Å². The lowest BCUT2D eigenvalue weighted by Gasteiger charge is -2.04. The van der Waals surface area contributed by atoms with E-state index in [1.165, 1.54) is 0 Å². The van der Waals surface area contributed by atoms with Crippen molar-refractivity contribution in [1.29, 1.82) is 0 Å². The molecule has 0 unspecified atom stereocenters. The Balaban J connectivity index is 2.28. The number of hydrogen-bond acceptors (Lipinski definition) is 4. The minimum atomic E-state index is 0.410. The molecule has 0 radical (unpaired) electrons. The van der Waals surface area contributed by atoms with E-state index >= 15 is 0 Å². The van der Waals surface area contributed by atoms with Crippen molar-refractivity contribution in [2.24, 2.45) is 5.73 Å². The van der Waals surface area contributed by atoms with Crippen LogP contribution in [0.3, 0.4) is 0 Å². The van der Waals surface area contributed by atoms with Gasteiger partial charge in [-0.05, 0) is 29.8 Å². The van der Waals surface area contributed by atoms with Crippen molar-refractivity contribution in [3.63, 3.8) is 0 Å². The predicted octanol–water partition coefficient (Wildman–Crippen LogP) is 1.07. The number of rotatable bonds is 4. The Morgan fingerprint density at radius 2 is 2.24 bits per heavy atom. The normalized spacial score (nSPS) is 11.1. The summed E-state index contributed by atoms with van der Waals surface area (Å²) in [5.41, 5.74) is 8.38. The molecule has 0 aliphatic carbocycles. The molecule has 2 N–H and O–H groups in total. The quantitative estimate of drug-likeness (QED) is 0.916. The minimum absolute atomic E-state index is 0.410. The average molecular weight is 299 g/mol. The van der Waals surface area contributed by atoms with Gasteiger partial charge in [0.15, 0.2) is 0 Å². The van der Waals surface area contributed by atoms with E-state index in [0.29, 0.717) is 13.1 Å². The van der Waals surface area contributed by atoms with E-state index in [-0.39, 0.29) is 0 Å². The number of halogens is 1. The second-order valence-corrected chi connectivity index (χ2v) is 4.57. The number of nitrogens with two attached hydrogens (primary N) is 1. The fourth-order valence-corrected chi connectivity index (χ4v) is 2.09. The van der Waals surface area contributed by atoms with E-state index in [1.54, 1.807) is 4.68 Å². The molecule has 0 amide bonds. The molecule has 0 aliphatic heterocycles. The van der Waals surface area contributed by atoms with Crippen LogP contribution in [0.2, 0.25) is 0 Å². The van der Waals surface area contributed by atoms with Crippen LogP contribution in [0.25, 0.3) is 0 Å². The minimum Gasteiger partial charge on any atom is -0.325 e. The van der Waals surface area contributed by atoms with Gasteiger partial charge < -0.3 is 5.73 Å². The van der Waals surface area contributed by atoms with Crippen LogP contribution in [0.5, 0.6) is 0 Å². The molecule has 0 aromatic carbocycles. The van der Waals surface area contributed by atoms with Gasteiger partial charge in [-0.3, -0.25) is 4.68 Å². The molecule has 0 saturated heterocycles. The highest BCUT2D eigenvalue weighted by Gasteiger charge is 2.13. The maximum atomic E-state index is 5.50. The van der Waals surface area contributed by atoms with Gasteiger partial charge in [-0.25, -0.2) is 4.68 Å². The van der Waals surface area contributed by atoms with E-state index in [9.17, 15) is 0 Å². The summed E-state index contributed by atoms with van der Waals surface area (Å²) in [4.78, 5) is 0. The fourth-order valence-electron chi connectivity index (χ4n) is 1.68. The molecule has 0 aliphatic rings. The zero-order chi connectivity index (χ0) is 12.4. The van der Waals surface area contributed by atoms with Gasteiger partial charge in [-0.1, -0.05) is 5.21 Å². The molecule has 2 rings (SSSR count). The maximum absolute atomic E-state index is 5.50. The highest BCUT2D eigenvalue weighted by molar-refractivity contribution is 9.10. The van der Waals surface area contributed by atoms with E-state index in [4.69, 9.17) is 5.73 Å². The first-order valence-corrected chi connectivity index (χ1v) is 6.25. The summed E-state index contributed by atoms with van der Waals surface area (Å²) >= 11 is 3.55. The van der Waals surface area contributed by atoms with Crippen LogP contribution >= 0.6 is 15.9 Å². The SMILES string of the molecule is CCn1nc(C)c(Br)c1Cn1cc(CN)nn1. The summed E-state index contributed by atoms with van der Waals surface area (Å²) < 4.78 is 4.77. The Hall–Kier alpha value is -1.21. The van der Waals surface area contributed by atoms with Crippen LogP contribution < -0.4 is 5.73 Å². The van der Waals surface area contributed by atoms with Crippen LogP contribution in [0, 0.1) is 6.92 Å². The summed E-state index contributed by atoms with van der Waals surface area (Å²) in [7, 11) is 0. The molecule has 0 spiro atoms. The van der Waals surface area contributed by atoms with Gasteiger partial charge in [-0.15, -0.1) is 5.10 Å². The third-order valence-electron chi connectivity index (χ3n) is 2.56. The number of nitrogens with zero attached hydrogens (tertiary/aromatic N) is 5. The lowest BCUT2D eigenvalue weighted by Crippen LogP contribution is -2.09. The highest BCUT2D eigenvalue weighted by Crippen LogP contribution is 2.21. The smallest absolute Gasteiger partial charge is 0.0962 e. The molecule has 92 valence electrons. The van der Waals surface area contributed by atoms with Crippen LogP contribution in [0.1, 0.15) is 24.0 Å². The summed E-state index contributed by atoms with van der Waals surface area (Å²) in [6, 6.07) is 0. The lowest BCUT2D eigenvalue weighted by atomic mass is 10.3. The molecule has 0 bridgehead atoms. The molecular weight excluding hydrogens is 284 g/mol. The topological polar surface area (TPSA) is 74.5 Å². The van der Waals surface area contributed by atoms with Gasteiger partial charge in [0.1, 0.15) is 0 Å². The van der Waals surface area contributed by atoms with E-state index in [0.717, 1.165) is 28.1 Å². The molecule has 2 heterocycles. The van der Waals surface area contributed by atoms with Gasteiger partial charge in [0, 0.05) is 13.1 Å². The first-order valence-electron chi connectivity index (χ1n) is 5.46. The molecule has 2 aromatic rings. The first kappa shape index (κ1) is 12.3. The summed E-state index contributed by atoms with van der Waals surface area (Å²) in [6.45, 7) is 5.93. The van der Waals surface area contributed by atoms with Gasteiger partial charge in [0.25, 0.3) is 0 Å². The Labute approximate surface area is 108 Å². The summed E-state index contributed by atoms with van der Waals surface area (Å²) in [6.07, 6.45) is 1.86. The molecule has 0 saturated carbocycles. The van der Waals surface area contributed by atoms with Crippen molar-refractivity contribution in [1.82, 2.24) is 24.8 Å². The summed E-state index contributed by atoms with van der Waals surface area (Å²) in [5, 5.41) is 12.4. The molecular formula is C10H15BrN6. The number of aromatic nitrogens is 5. The Bertz CT molecular complexity index is 515. The molecule has 0 fully saturated rings. The van der Waals surface area contributed by atoms with E-state index in [1.807, 2.05) is 17.8 Å². The highest BCUT2D eigenvalue weighted by atomic mass is 79.9. The summed E-state index contributed by atoms with van der Waals surface area (Å²) in [5.74, 6) is 0.